The fourth-order valence-corrected chi connectivity index (χ4v) is 6.25. The Morgan fingerprint density at radius 2 is 2.20 bits per heavy atom. The van der Waals surface area contributed by atoms with Crippen molar-refractivity contribution in [2.75, 3.05) is 0 Å². The van der Waals surface area contributed by atoms with Crippen LogP contribution in [-0.2, 0) is 4.79 Å². The first kappa shape index (κ1) is 17.2. The minimum atomic E-state index is -1.31. The van der Waals surface area contributed by atoms with Gasteiger partial charge in [-0.15, -0.1) is 0 Å². The van der Waals surface area contributed by atoms with E-state index >= 15 is 0 Å². The maximum absolute atomic E-state index is 12.7. The fraction of sp³-hybridized carbons (Fsp3) is 0.125. The van der Waals surface area contributed by atoms with Crippen molar-refractivity contribution in [1.29, 1.82) is 5.41 Å². The third-order valence-corrected chi connectivity index (χ3v) is 8.11. The molecule has 0 aromatic carbocycles. The Morgan fingerprint density at radius 3 is 2.88 bits per heavy atom. The molecule has 1 aliphatic heterocycles. The summed E-state index contributed by atoms with van der Waals surface area (Å²) in [5.41, 5.74) is 5.80. The van der Waals surface area contributed by atoms with Gasteiger partial charge in [-0.1, -0.05) is 0 Å². The number of rotatable bonds is 5. The number of primary amides is 1. The summed E-state index contributed by atoms with van der Waals surface area (Å²) in [6, 6.07) is 6.53. The van der Waals surface area contributed by atoms with Crippen molar-refractivity contribution >= 4 is 42.2 Å². The van der Waals surface area contributed by atoms with Crippen LogP contribution in [0.25, 0.3) is 5.82 Å². The Kier molecular flexibility index (Phi) is 5.17. The van der Waals surface area contributed by atoms with Crippen LogP contribution >= 0.6 is 0 Å². The van der Waals surface area contributed by atoms with Gasteiger partial charge in [-0.05, 0) is 0 Å². The van der Waals surface area contributed by atoms with Gasteiger partial charge in [0.1, 0.15) is 0 Å². The van der Waals surface area contributed by atoms with Crippen LogP contribution < -0.4 is 11.1 Å². The molecule has 1 radical (unpaired) electrons. The van der Waals surface area contributed by atoms with Gasteiger partial charge in [0.2, 0.25) is 0 Å². The second kappa shape index (κ2) is 7.51. The molecule has 125 valence electrons. The molecule has 0 saturated carbocycles. The first-order valence-electron chi connectivity index (χ1n) is 7.49. The van der Waals surface area contributed by atoms with Crippen LogP contribution in [0.3, 0.4) is 0 Å². The zero-order chi connectivity index (χ0) is 17.8. The summed E-state index contributed by atoms with van der Waals surface area (Å²) in [7, 11) is 0. The monoisotopic (exact) mass is 443 g/mol. The molecule has 25 heavy (non-hydrogen) atoms. The SMILES string of the molecule is N=C/C=[C]1/CC(NC(=O)c2ccnn2-c2ccccn2)[C](C(N)=O)=[Sn]1. The van der Waals surface area contributed by atoms with Gasteiger partial charge in [0, 0.05) is 0 Å². The number of carbonyl (C=O) groups excluding carboxylic acids is 2. The third-order valence-electron chi connectivity index (χ3n) is 3.66. The van der Waals surface area contributed by atoms with Crippen LogP contribution in [0, 0.1) is 5.41 Å². The van der Waals surface area contributed by atoms with Gasteiger partial charge in [-0.25, -0.2) is 0 Å². The Morgan fingerprint density at radius 1 is 1.36 bits per heavy atom. The van der Waals surface area contributed by atoms with E-state index < -0.39 is 32.6 Å². The van der Waals surface area contributed by atoms with Gasteiger partial charge in [0.05, 0.1) is 0 Å². The summed E-state index contributed by atoms with van der Waals surface area (Å²) in [5, 5.41) is 14.2. The summed E-state index contributed by atoms with van der Waals surface area (Å²) in [5.74, 6) is -0.282. The van der Waals surface area contributed by atoms with Gasteiger partial charge in [0.15, 0.2) is 0 Å². The van der Waals surface area contributed by atoms with Gasteiger partial charge in [0.25, 0.3) is 0 Å². The Balaban J connectivity index is 1.83. The number of hydrogen-bond acceptors (Lipinski definition) is 5. The van der Waals surface area contributed by atoms with E-state index in [0.29, 0.717) is 21.5 Å². The van der Waals surface area contributed by atoms with E-state index in [1.165, 1.54) is 17.1 Å². The molecule has 3 rings (SSSR count). The number of nitrogens with one attached hydrogen (secondary N) is 2. The normalized spacial score (nSPS) is 18.0. The van der Waals surface area contributed by atoms with E-state index in [1.807, 2.05) is 6.07 Å². The number of nitrogens with zero attached hydrogens (tertiary/aromatic N) is 3. The van der Waals surface area contributed by atoms with Gasteiger partial charge in [-0.2, -0.15) is 0 Å². The first-order chi connectivity index (χ1) is 12.1. The van der Waals surface area contributed by atoms with E-state index in [9.17, 15) is 9.59 Å². The molecule has 1 aliphatic rings. The molecule has 2 amide bonds. The average Bonchev–Trinajstić information content (AvgIpc) is 3.23. The van der Waals surface area contributed by atoms with Crippen molar-refractivity contribution in [2.24, 2.45) is 5.73 Å². The fourth-order valence-electron chi connectivity index (χ4n) is 2.57. The standard InChI is InChI=1S/C16H15N6O2.Sn/c17-8-3-1-5-12(11-14(18)23)21-16(24)13-7-10-20-22(13)15-6-2-4-9-19-15;/h2-4,6-10,12,17H,5H2,(H2,18,23)(H,21,24);. The van der Waals surface area contributed by atoms with Crippen LogP contribution in [0.2, 0.25) is 0 Å². The predicted molar refractivity (Wildman–Crippen MR) is 94.1 cm³/mol. The number of hydrogen-bond donors (Lipinski definition) is 3. The Labute approximate surface area is 153 Å². The molecule has 9 heteroatoms. The molecule has 0 saturated heterocycles. The quantitative estimate of drug-likeness (QED) is 0.433. The van der Waals surface area contributed by atoms with Crippen molar-refractivity contribution in [1.82, 2.24) is 20.1 Å². The molecule has 0 aliphatic carbocycles. The predicted octanol–water partition coefficient (Wildman–Crippen LogP) is -0.335. The average molecular weight is 442 g/mol. The maximum atomic E-state index is 12.7. The molecule has 4 N–H and O–H groups in total. The molecule has 3 heterocycles. The Bertz CT molecular complexity index is 887. The molecule has 0 spiro atoms. The van der Waals surface area contributed by atoms with Crippen molar-refractivity contribution in [3.63, 3.8) is 0 Å². The zero-order valence-corrected chi connectivity index (χ0v) is 16.0. The van der Waals surface area contributed by atoms with Crippen molar-refractivity contribution in [3.8, 4) is 5.82 Å². The van der Waals surface area contributed by atoms with Crippen molar-refractivity contribution in [2.45, 2.75) is 12.5 Å². The van der Waals surface area contributed by atoms with Crippen LogP contribution in [0.15, 0.2) is 46.3 Å². The number of allylic oxidation sites excluding steroid dienone is 1. The van der Waals surface area contributed by atoms with Gasteiger partial charge in [-0.3, -0.25) is 0 Å². The van der Waals surface area contributed by atoms with E-state index in [4.69, 9.17) is 11.1 Å². The van der Waals surface area contributed by atoms with E-state index in [1.54, 1.807) is 30.5 Å². The number of pyridine rings is 1. The summed E-state index contributed by atoms with van der Waals surface area (Å²) in [4.78, 5) is 28.6. The molecule has 0 fully saturated rings. The molecule has 1 atom stereocenters. The molecule has 2 aromatic rings. The number of amides is 2. The minimum absolute atomic E-state index is 0.331. The molecule has 2 aromatic heterocycles. The first-order valence-corrected chi connectivity index (χ1v) is 10.3. The molecular formula is C16H15N6O2Sn. The second-order valence-corrected chi connectivity index (χ2v) is 9.39. The molecule has 8 nitrogen and oxygen atoms in total. The molecule has 0 bridgehead atoms. The van der Waals surface area contributed by atoms with E-state index in [2.05, 4.69) is 15.4 Å². The van der Waals surface area contributed by atoms with Crippen molar-refractivity contribution in [3.05, 3.63) is 52.0 Å². The number of aromatic nitrogens is 3. The van der Waals surface area contributed by atoms with Crippen LogP contribution in [-0.4, -0.2) is 63.0 Å². The molecule has 1 unspecified atom stereocenters. The van der Waals surface area contributed by atoms with Gasteiger partial charge < -0.3 is 0 Å². The van der Waals surface area contributed by atoms with E-state index in [-0.39, 0.29) is 5.91 Å². The summed E-state index contributed by atoms with van der Waals surface area (Å²) in [6.07, 6.45) is 6.57. The van der Waals surface area contributed by atoms with Crippen LogP contribution in [0.4, 0.5) is 0 Å². The summed E-state index contributed by atoms with van der Waals surface area (Å²) < 4.78 is 3.10. The third kappa shape index (κ3) is 3.73. The number of nitrogens with two attached hydrogens (primary N) is 1. The zero-order valence-electron chi connectivity index (χ0n) is 13.1. The van der Waals surface area contributed by atoms with Crippen molar-refractivity contribution < 1.29 is 9.59 Å². The molecular weight excluding hydrogens is 427 g/mol. The van der Waals surface area contributed by atoms with E-state index in [0.717, 1.165) is 3.59 Å². The van der Waals surface area contributed by atoms with Crippen LogP contribution in [0.5, 0.6) is 0 Å². The van der Waals surface area contributed by atoms with Crippen LogP contribution in [0.1, 0.15) is 16.9 Å². The number of carbonyl (C=O) groups is 2. The summed E-state index contributed by atoms with van der Waals surface area (Å²) in [6.45, 7) is 0. The topological polar surface area (TPSA) is 127 Å². The summed E-state index contributed by atoms with van der Waals surface area (Å²) >= 11 is -1.31. The Hall–Kier alpha value is -2.62. The second-order valence-electron chi connectivity index (χ2n) is 5.31. The van der Waals surface area contributed by atoms with Gasteiger partial charge >= 0.3 is 153 Å².